The number of carbonyl (C=O) groups is 2. The number of aryl methyl sites for hydroxylation is 1. The summed E-state index contributed by atoms with van der Waals surface area (Å²) in [5.41, 5.74) is 3.46. The van der Waals surface area contributed by atoms with Crippen LogP contribution in [0.2, 0.25) is 0 Å². The summed E-state index contributed by atoms with van der Waals surface area (Å²) in [5.74, 6) is 1.03. The Kier molecular flexibility index (Phi) is 9.34. The van der Waals surface area contributed by atoms with Crippen LogP contribution in [0.25, 0.3) is 0 Å². The average molecular weight is 550 g/mol. The Hall–Kier alpha value is -3.43. The van der Waals surface area contributed by atoms with Gasteiger partial charge in [0.1, 0.15) is 23.8 Å². The third-order valence-electron chi connectivity index (χ3n) is 8.67. The lowest BCUT2D eigenvalue weighted by Gasteiger charge is -2.34. The number of carboxylic acid groups (broad SMARTS) is 1. The maximum Gasteiger partial charge on any atom is 0.308 e. The molecule has 10 nitrogen and oxygen atoms in total. The molecule has 1 aliphatic carbocycles. The molecule has 0 spiro atoms. The summed E-state index contributed by atoms with van der Waals surface area (Å²) in [7, 11) is 0. The lowest BCUT2D eigenvalue weighted by atomic mass is 9.92. The van der Waals surface area contributed by atoms with Crippen LogP contribution in [-0.4, -0.2) is 64.2 Å². The van der Waals surface area contributed by atoms with Crippen LogP contribution in [0.5, 0.6) is 0 Å². The standard InChI is InChI=1S/C30H43N7O3/c1-2-24-28(32-18-22(30(39)40)17-26(38)35-23-8-4-3-5-9-23)33-19-34-29(24)37-15-12-20(13-16-37)25-11-10-21-7-6-14-31-27(21)36-25/h10-11,19-20,22-23H,2-9,12-18H2,1H3,(H,31,36)(H,35,38)(H,39,40)(H,32,33,34)/t22-/m0/s1. The molecule has 2 aromatic heterocycles. The molecule has 1 amide bonds. The summed E-state index contributed by atoms with van der Waals surface area (Å²) < 4.78 is 0. The van der Waals surface area contributed by atoms with Gasteiger partial charge in [0.2, 0.25) is 5.91 Å². The van der Waals surface area contributed by atoms with Crippen molar-refractivity contribution in [2.45, 2.75) is 89.5 Å². The molecule has 4 N–H and O–H groups in total. The molecule has 0 bridgehead atoms. The Balaban J connectivity index is 1.19. The molecule has 2 aromatic rings. The molecular formula is C30H43N7O3. The number of nitrogens with one attached hydrogen (secondary N) is 3. The largest absolute Gasteiger partial charge is 0.481 e. The molecule has 2 aliphatic heterocycles. The zero-order valence-electron chi connectivity index (χ0n) is 23.6. The van der Waals surface area contributed by atoms with Crippen LogP contribution in [-0.2, 0) is 22.4 Å². The molecule has 216 valence electrons. The van der Waals surface area contributed by atoms with Gasteiger partial charge in [-0.05, 0) is 56.6 Å². The number of amides is 1. The lowest BCUT2D eigenvalue weighted by Crippen LogP contribution is -2.39. The van der Waals surface area contributed by atoms with Crippen LogP contribution in [0.15, 0.2) is 18.5 Å². The molecule has 1 saturated heterocycles. The summed E-state index contributed by atoms with van der Waals surface area (Å²) in [5, 5.41) is 19.5. The zero-order valence-corrected chi connectivity index (χ0v) is 23.6. The molecule has 5 rings (SSSR count). The van der Waals surface area contributed by atoms with Gasteiger partial charge in [-0.3, -0.25) is 9.59 Å². The lowest BCUT2D eigenvalue weighted by molar-refractivity contribution is -0.143. The smallest absolute Gasteiger partial charge is 0.308 e. The van der Waals surface area contributed by atoms with E-state index in [1.54, 1.807) is 6.33 Å². The number of carbonyl (C=O) groups excluding carboxylic acids is 1. The number of aliphatic carboxylic acids is 1. The first-order valence-electron chi connectivity index (χ1n) is 15.1. The number of hydrogen-bond acceptors (Lipinski definition) is 8. The number of nitrogens with zero attached hydrogens (tertiary/aromatic N) is 4. The molecule has 10 heteroatoms. The summed E-state index contributed by atoms with van der Waals surface area (Å²) in [4.78, 5) is 40.9. The van der Waals surface area contributed by atoms with E-state index in [1.165, 1.54) is 17.7 Å². The van der Waals surface area contributed by atoms with E-state index in [9.17, 15) is 14.7 Å². The van der Waals surface area contributed by atoms with Crippen LogP contribution in [0.1, 0.15) is 87.4 Å². The van der Waals surface area contributed by atoms with Gasteiger partial charge in [-0.25, -0.2) is 15.0 Å². The molecular weight excluding hydrogens is 506 g/mol. The van der Waals surface area contributed by atoms with Crippen LogP contribution in [0, 0.1) is 5.92 Å². The number of rotatable bonds is 10. The van der Waals surface area contributed by atoms with Crippen molar-refractivity contribution in [3.63, 3.8) is 0 Å². The number of piperidine rings is 1. The topological polar surface area (TPSA) is 132 Å². The zero-order chi connectivity index (χ0) is 27.9. The van der Waals surface area contributed by atoms with Crippen LogP contribution >= 0.6 is 0 Å². The van der Waals surface area contributed by atoms with Crippen LogP contribution in [0.3, 0.4) is 0 Å². The second-order valence-electron chi connectivity index (χ2n) is 11.4. The SMILES string of the molecule is CCc1c(NC[C@H](CC(=O)NC2CCCCC2)C(=O)O)ncnc1N1CCC(c2ccc3c(n2)NCCC3)CC1. The fourth-order valence-electron chi connectivity index (χ4n) is 6.34. The first kappa shape index (κ1) is 28.1. The fraction of sp³-hybridized carbons (Fsp3) is 0.633. The predicted molar refractivity (Wildman–Crippen MR) is 156 cm³/mol. The van der Waals surface area contributed by atoms with Gasteiger partial charge in [-0.1, -0.05) is 32.3 Å². The van der Waals surface area contributed by atoms with Gasteiger partial charge in [0.25, 0.3) is 0 Å². The number of anilines is 3. The molecule has 0 unspecified atom stereocenters. The highest BCUT2D eigenvalue weighted by molar-refractivity contribution is 5.82. The van der Waals surface area contributed by atoms with E-state index in [0.29, 0.717) is 11.7 Å². The van der Waals surface area contributed by atoms with Gasteiger partial charge in [0.15, 0.2) is 0 Å². The van der Waals surface area contributed by atoms with Gasteiger partial charge in [-0.15, -0.1) is 0 Å². The molecule has 40 heavy (non-hydrogen) atoms. The van der Waals surface area contributed by atoms with Gasteiger partial charge >= 0.3 is 5.97 Å². The van der Waals surface area contributed by atoms with Gasteiger partial charge in [-0.2, -0.15) is 0 Å². The van der Waals surface area contributed by atoms with E-state index in [2.05, 4.69) is 49.9 Å². The van der Waals surface area contributed by atoms with E-state index in [-0.39, 0.29) is 24.9 Å². The molecule has 0 aromatic carbocycles. The van der Waals surface area contributed by atoms with Crippen LogP contribution < -0.4 is 20.9 Å². The minimum absolute atomic E-state index is 0.0437. The maximum atomic E-state index is 12.6. The average Bonchev–Trinajstić information content (AvgIpc) is 2.99. The van der Waals surface area contributed by atoms with Crippen molar-refractivity contribution in [1.82, 2.24) is 20.3 Å². The number of fused-ring (bicyclic) bond motifs is 1. The van der Waals surface area contributed by atoms with Crippen molar-refractivity contribution in [2.75, 3.05) is 41.7 Å². The molecule has 2 fully saturated rings. The quantitative estimate of drug-likeness (QED) is 0.345. The summed E-state index contributed by atoms with van der Waals surface area (Å²) in [6, 6.07) is 4.60. The fourth-order valence-corrected chi connectivity index (χ4v) is 6.34. The van der Waals surface area contributed by atoms with Gasteiger partial charge < -0.3 is 26.0 Å². The minimum atomic E-state index is -0.980. The second kappa shape index (κ2) is 13.3. The highest BCUT2D eigenvalue weighted by atomic mass is 16.4. The van der Waals surface area contributed by atoms with E-state index in [0.717, 1.165) is 94.6 Å². The van der Waals surface area contributed by atoms with E-state index in [1.807, 2.05) is 0 Å². The van der Waals surface area contributed by atoms with Crippen molar-refractivity contribution in [2.24, 2.45) is 5.92 Å². The minimum Gasteiger partial charge on any atom is -0.481 e. The maximum absolute atomic E-state index is 12.6. The summed E-state index contributed by atoms with van der Waals surface area (Å²) in [6.07, 6.45) is 11.9. The predicted octanol–water partition coefficient (Wildman–Crippen LogP) is 4.13. The number of pyridine rings is 1. The molecule has 3 aliphatic rings. The second-order valence-corrected chi connectivity index (χ2v) is 11.4. The Morgan fingerprint density at radius 3 is 2.65 bits per heavy atom. The Morgan fingerprint density at radius 1 is 1.10 bits per heavy atom. The number of aromatic nitrogens is 3. The van der Waals surface area contributed by atoms with Gasteiger partial charge in [0.05, 0.1) is 5.92 Å². The normalized spacial score (nSPS) is 18.9. The first-order chi connectivity index (χ1) is 19.5. The van der Waals surface area contributed by atoms with Crippen LogP contribution in [0.4, 0.5) is 17.5 Å². The molecule has 1 saturated carbocycles. The van der Waals surface area contributed by atoms with E-state index < -0.39 is 11.9 Å². The number of carboxylic acids is 1. The Morgan fingerprint density at radius 2 is 1.90 bits per heavy atom. The van der Waals surface area contributed by atoms with Crippen molar-refractivity contribution >= 4 is 29.3 Å². The summed E-state index contributed by atoms with van der Waals surface area (Å²) >= 11 is 0. The van der Waals surface area contributed by atoms with Crippen molar-refractivity contribution in [1.29, 1.82) is 0 Å². The van der Waals surface area contributed by atoms with Crippen molar-refractivity contribution in [3.8, 4) is 0 Å². The third kappa shape index (κ3) is 6.82. The van der Waals surface area contributed by atoms with E-state index in [4.69, 9.17) is 4.98 Å². The molecule has 1 atom stereocenters. The van der Waals surface area contributed by atoms with Crippen molar-refractivity contribution < 1.29 is 14.7 Å². The molecule has 4 heterocycles. The monoisotopic (exact) mass is 549 g/mol. The third-order valence-corrected chi connectivity index (χ3v) is 8.67. The van der Waals surface area contributed by atoms with Crippen molar-refractivity contribution in [3.05, 3.63) is 35.3 Å². The summed E-state index contributed by atoms with van der Waals surface area (Å²) in [6.45, 7) is 4.94. The van der Waals surface area contributed by atoms with E-state index >= 15 is 0 Å². The molecule has 0 radical (unpaired) electrons. The number of hydrogen-bond donors (Lipinski definition) is 4. The Labute approximate surface area is 236 Å². The highest BCUT2D eigenvalue weighted by Crippen LogP contribution is 2.33. The Bertz CT molecular complexity index is 1180. The van der Waals surface area contributed by atoms with Gasteiger partial charge in [0, 0.05) is 55.8 Å². The highest BCUT2D eigenvalue weighted by Gasteiger charge is 2.27. The first-order valence-corrected chi connectivity index (χ1v) is 15.1.